The van der Waals surface area contributed by atoms with E-state index in [2.05, 4.69) is 15.4 Å². The normalized spacial score (nSPS) is 12.1. The predicted octanol–water partition coefficient (Wildman–Crippen LogP) is 2.36. The number of ether oxygens (including phenoxy) is 1. The summed E-state index contributed by atoms with van der Waals surface area (Å²) in [4.78, 5) is 40.3. The second kappa shape index (κ2) is 7.77. The maximum absolute atomic E-state index is 12.4. The van der Waals surface area contributed by atoms with Crippen LogP contribution in [0.2, 0.25) is 0 Å². The fraction of sp³-hybridized carbons (Fsp3) is 0.278. The number of carbonyl (C=O) groups is 3. The average molecular weight is 401 g/mol. The molecule has 3 N–H and O–H groups in total. The van der Waals surface area contributed by atoms with E-state index in [0.717, 1.165) is 11.3 Å². The summed E-state index contributed by atoms with van der Waals surface area (Å²) in [5, 5.41) is 9.43. The monoisotopic (exact) mass is 401 g/mol. The number of pyridine rings is 1. The number of nitrogens with zero attached hydrogens (tertiary/aromatic N) is 3. The zero-order chi connectivity index (χ0) is 20.4. The number of anilines is 1. The van der Waals surface area contributed by atoms with E-state index in [1.54, 1.807) is 22.3 Å². The van der Waals surface area contributed by atoms with Gasteiger partial charge in [0.25, 0.3) is 11.8 Å². The number of thiophene rings is 1. The van der Waals surface area contributed by atoms with Crippen LogP contribution in [0.1, 0.15) is 47.5 Å². The van der Waals surface area contributed by atoms with Crippen molar-refractivity contribution >= 4 is 45.2 Å². The Bertz CT molecular complexity index is 1060. The summed E-state index contributed by atoms with van der Waals surface area (Å²) in [7, 11) is 0. The molecule has 0 unspecified atom stereocenters. The van der Waals surface area contributed by atoms with Gasteiger partial charge in [-0.15, -0.1) is 11.3 Å². The molecule has 0 radical (unpaired) electrons. The fourth-order valence-corrected chi connectivity index (χ4v) is 3.32. The molecule has 3 heterocycles. The molecule has 0 bridgehead atoms. The predicted molar refractivity (Wildman–Crippen MR) is 104 cm³/mol. The molecule has 2 amide bonds. The van der Waals surface area contributed by atoms with E-state index in [4.69, 9.17) is 10.5 Å². The molecular weight excluding hydrogens is 382 g/mol. The number of aromatic nitrogens is 3. The Morgan fingerprint density at radius 2 is 2.00 bits per heavy atom. The number of fused-ring (bicyclic) bond motifs is 1. The molecule has 3 rings (SSSR count). The zero-order valence-corrected chi connectivity index (χ0v) is 16.3. The van der Waals surface area contributed by atoms with E-state index in [-0.39, 0.29) is 17.2 Å². The van der Waals surface area contributed by atoms with Crippen molar-refractivity contribution in [3.63, 3.8) is 0 Å². The molecule has 0 aliphatic carbocycles. The van der Waals surface area contributed by atoms with E-state index in [9.17, 15) is 14.4 Å². The molecule has 10 heteroatoms. The number of amides is 2. The maximum atomic E-state index is 12.4. The topological polar surface area (TPSA) is 129 Å². The lowest BCUT2D eigenvalue weighted by molar-refractivity contribution is -0.123. The van der Waals surface area contributed by atoms with Gasteiger partial charge < -0.3 is 15.8 Å². The number of hydrogen-bond acceptors (Lipinski definition) is 7. The van der Waals surface area contributed by atoms with Crippen molar-refractivity contribution in [2.24, 2.45) is 5.73 Å². The lowest BCUT2D eigenvalue weighted by atomic mass is 10.2. The van der Waals surface area contributed by atoms with Crippen LogP contribution in [0.3, 0.4) is 0 Å². The molecule has 0 spiro atoms. The first-order chi connectivity index (χ1) is 13.3. The third-order valence-corrected chi connectivity index (χ3v) is 4.81. The smallest absolute Gasteiger partial charge is 0.340 e. The number of carbonyl (C=O) groups excluding carboxylic acids is 3. The maximum Gasteiger partial charge on any atom is 0.340 e. The summed E-state index contributed by atoms with van der Waals surface area (Å²) >= 11 is 1.15. The van der Waals surface area contributed by atoms with Gasteiger partial charge in [-0.05, 0) is 38.3 Å². The number of rotatable bonds is 6. The van der Waals surface area contributed by atoms with Crippen LogP contribution in [0.5, 0.6) is 0 Å². The highest BCUT2D eigenvalue weighted by Gasteiger charge is 2.22. The minimum absolute atomic E-state index is 0.133. The molecule has 0 saturated heterocycles. The summed E-state index contributed by atoms with van der Waals surface area (Å²) < 4.78 is 6.97. The van der Waals surface area contributed by atoms with E-state index < -0.39 is 23.9 Å². The first-order valence-corrected chi connectivity index (χ1v) is 9.38. The van der Waals surface area contributed by atoms with Crippen LogP contribution >= 0.6 is 11.3 Å². The summed E-state index contributed by atoms with van der Waals surface area (Å²) in [6.45, 7) is 5.40. The first kappa shape index (κ1) is 19.5. The number of nitrogens with two attached hydrogens (primary N) is 1. The van der Waals surface area contributed by atoms with Crippen LogP contribution in [0.25, 0.3) is 11.0 Å². The molecule has 0 aliphatic rings. The van der Waals surface area contributed by atoms with Crippen LogP contribution in [-0.4, -0.2) is 38.7 Å². The molecule has 1 atom stereocenters. The second-order valence-electron chi connectivity index (χ2n) is 6.38. The molecule has 0 fully saturated rings. The van der Waals surface area contributed by atoms with Crippen LogP contribution in [0, 0.1) is 0 Å². The van der Waals surface area contributed by atoms with Gasteiger partial charge in [-0.25, -0.2) is 14.5 Å². The summed E-state index contributed by atoms with van der Waals surface area (Å²) in [5.41, 5.74) is 6.33. The van der Waals surface area contributed by atoms with E-state index in [1.165, 1.54) is 19.2 Å². The van der Waals surface area contributed by atoms with Crippen molar-refractivity contribution in [2.75, 3.05) is 5.32 Å². The number of esters is 1. The Morgan fingerprint density at radius 3 is 2.68 bits per heavy atom. The van der Waals surface area contributed by atoms with Gasteiger partial charge in [-0.1, -0.05) is 0 Å². The van der Waals surface area contributed by atoms with Crippen LogP contribution in [-0.2, 0) is 9.53 Å². The van der Waals surface area contributed by atoms with Gasteiger partial charge in [-0.2, -0.15) is 5.10 Å². The van der Waals surface area contributed by atoms with Gasteiger partial charge in [0.2, 0.25) is 0 Å². The first-order valence-electron chi connectivity index (χ1n) is 8.50. The standard InChI is InChI=1S/C18H19N5O4S/c1-9(2)23-15-11(8-21-23)6-12(7-20-15)18(26)27-10(3)16(25)22-17-13(14(19)24)4-5-28-17/h4-10H,1-3H3,(H2,19,24)(H,22,25)/t10-/m1/s1. The zero-order valence-electron chi connectivity index (χ0n) is 15.5. The molecule has 9 nitrogen and oxygen atoms in total. The van der Waals surface area contributed by atoms with Crippen molar-refractivity contribution < 1.29 is 19.1 Å². The Balaban J connectivity index is 1.69. The molecule has 0 aliphatic heterocycles. The van der Waals surface area contributed by atoms with E-state index >= 15 is 0 Å². The van der Waals surface area contributed by atoms with Gasteiger partial charge in [0.05, 0.1) is 17.3 Å². The Kier molecular flexibility index (Phi) is 5.41. The Labute approximate surface area is 164 Å². The third-order valence-electron chi connectivity index (χ3n) is 3.98. The van der Waals surface area contributed by atoms with Crippen LogP contribution in [0.15, 0.2) is 29.9 Å². The van der Waals surface area contributed by atoms with Gasteiger partial charge >= 0.3 is 5.97 Å². The van der Waals surface area contributed by atoms with Gasteiger partial charge in [-0.3, -0.25) is 9.59 Å². The highest BCUT2D eigenvalue weighted by Crippen LogP contribution is 2.23. The van der Waals surface area contributed by atoms with Crippen molar-refractivity contribution in [3.05, 3.63) is 41.0 Å². The average Bonchev–Trinajstić information content (AvgIpc) is 3.27. The fourth-order valence-electron chi connectivity index (χ4n) is 2.53. The van der Waals surface area contributed by atoms with Crippen molar-refractivity contribution in [1.29, 1.82) is 0 Å². The molecule has 146 valence electrons. The minimum atomic E-state index is -1.08. The van der Waals surface area contributed by atoms with Gasteiger partial charge in [0.1, 0.15) is 5.00 Å². The van der Waals surface area contributed by atoms with E-state index in [1.807, 2.05) is 13.8 Å². The lowest BCUT2D eigenvalue weighted by Crippen LogP contribution is -2.30. The molecule has 0 aromatic carbocycles. The largest absolute Gasteiger partial charge is 0.449 e. The van der Waals surface area contributed by atoms with Gasteiger partial charge in [0.15, 0.2) is 11.8 Å². The Hall–Kier alpha value is -3.27. The lowest BCUT2D eigenvalue weighted by Gasteiger charge is -2.13. The van der Waals surface area contributed by atoms with Gasteiger partial charge in [0, 0.05) is 17.6 Å². The second-order valence-corrected chi connectivity index (χ2v) is 7.30. The quantitative estimate of drug-likeness (QED) is 0.610. The number of primary amides is 1. The Morgan fingerprint density at radius 1 is 1.25 bits per heavy atom. The SMILES string of the molecule is CC(C)n1ncc2cc(C(=O)O[C@H](C)C(=O)Nc3sccc3C(N)=O)cnc21. The molecular formula is C18H19N5O4S. The van der Waals surface area contributed by atoms with E-state index in [0.29, 0.717) is 16.0 Å². The number of hydrogen-bond donors (Lipinski definition) is 2. The van der Waals surface area contributed by atoms with Crippen molar-refractivity contribution in [2.45, 2.75) is 32.9 Å². The van der Waals surface area contributed by atoms with Crippen LogP contribution < -0.4 is 11.1 Å². The van der Waals surface area contributed by atoms with Crippen molar-refractivity contribution in [3.8, 4) is 0 Å². The van der Waals surface area contributed by atoms with Crippen LogP contribution in [0.4, 0.5) is 5.00 Å². The summed E-state index contributed by atoms with van der Waals surface area (Å²) in [6.07, 6.45) is 1.93. The molecule has 3 aromatic rings. The third kappa shape index (κ3) is 3.86. The highest BCUT2D eigenvalue weighted by molar-refractivity contribution is 7.14. The molecule has 0 saturated carbocycles. The number of nitrogens with one attached hydrogen (secondary N) is 1. The molecule has 28 heavy (non-hydrogen) atoms. The molecule has 3 aromatic heterocycles. The summed E-state index contributed by atoms with van der Waals surface area (Å²) in [6, 6.07) is 3.26. The van der Waals surface area contributed by atoms with Crippen molar-refractivity contribution in [1.82, 2.24) is 14.8 Å². The summed E-state index contributed by atoms with van der Waals surface area (Å²) in [5.74, 6) is -1.90. The minimum Gasteiger partial charge on any atom is -0.449 e. The highest BCUT2D eigenvalue weighted by atomic mass is 32.1.